The van der Waals surface area contributed by atoms with Crippen molar-refractivity contribution in [3.05, 3.63) is 50.9 Å². The van der Waals surface area contributed by atoms with Crippen LogP contribution >= 0.6 is 22.9 Å². The molecule has 1 aromatic heterocycles. The molecule has 0 radical (unpaired) electrons. The molecule has 0 saturated heterocycles. The zero-order chi connectivity index (χ0) is 17.8. The first-order chi connectivity index (χ1) is 11.8. The third-order valence-electron chi connectivity index (χ3n) is 5.45. The Labute approximate surface area is 157 Å². The number of carbonyl (C=O) groups excluding carboxylic acids is 1. The van der Waals surface area contributed by atoms with Crippen LogP contribution in [0.3, 0.4) is 0 Å². The van der Waals surface area contributed by atoms with Gasteiger partial charge in [0.2, 0.25) is 0 Å². The number of benzene rings is 1. The molecule has 1 amide bonds. The molecule has 2 atom stereocenters. The van der Waals surface area contributed by atoms with Gasteiger partial charge < -0.3 is 10.6 Å². The number of rotatable bonds is 1. The van der Waals surface area contributed by atoms with Gasteiger partial charge in [0.15, 0.2) is 0 Å². The first-order valence-corrected chi connectivity index (χ1v) is 10.00. The summed E-state index contributed by atoms with van der Waals surface area (Å²) in [7, 11) is 0. The smallest absolute Gasteiger partial charge is 0.256 e. The van der Waals surface area contributed by atoms with Gasteiger partial charge in [-0.05, 0) is 53.9 Å². The average molecular weight is 375 g/mol. The predicted molar refractivity (Wildman–Crippen MR) is 105 cm³/mol. The molecule has 0 bridgehead atoms. The maximum atomic E-state index is 12.8. The number of fused-ring (bicyclic) bond motifs is 3. The first-order valence-electron chi connectivity index (χ1n) is 8.80. The second-order valence-corrected chi connectivity index (χ2v) is 9.66. The summed E-state index contributed by atoms with van der Waals surface area (Å²) in [5.74, 6) is 0.706. The summed E-state index contributed by atoms with van der Waals surface area (Å²) in [5, 5.41) is 8.29. The van der Waals surface area contributed by atoms with Gasteiger partial charge in [0.25, 0.3) is 5.91 Å². The summed E-state index contributed by atoms with van der Waals surface area (Å²) < 4.78 is 0. The van der Waals surface area contributed by atoms with Crippen molar-refractivity contribution in [1.29, 1.82) is 0 Å². The summed E-state index contributed by atoms with van der Waals surface area (Å²) >= 11 is 7.86. The molecule has 5 heteroatoms. The topological polar surface area (TPSA) is 41.1 Å². The molecule has 1 aliphatic carbocycles. The maximum absolute atomic E-state index is 12.8. The van der Waals surface area contributed by atoms with Crippen molar-refractivity contribution < 1.29 is 4.79 Å². The van der Waals surface area contributed by atoms with E-state index in [1.807, 2.05) is 24.3 Å². The molecule has 0 saturated carbocycles. The maximum Gasteiger partial charge on any atom is 0.256 e. The highest BCUT2D eigenvalue weighted by atomic mass is 35.5. The number of halogens is 1. The number of hydrogen-bond acceptors (Lipinski definition) is 3. The van der Waals surface area contributed by atoms with Crippen LogP contribution in [-0.2, 0) is 12.8 Å². The van der Waals surface area contributed by atoms with E-state index >= 15 is 0 Å². The Morgan fingerprint density at radius 1 is 1.24 bits per heavy atom. The van der Waals surface area contributed by atoms with E-state index in [0.717, 1.165) is 35.4 Å². The van der Waals surface area contributed by atoms with E-state index < -0.39 is 0 Å². The lowest BCUT2D eigenvalue weighted by Crippen LogP contribution is -2.38. The molecule has 2 heterocycles. The van der Waals surface area contributed by atoms with E-state index in [0.29, 0.717) is 16.4 Å². The summed E-state index contributed by atoms with van der Waals surface area (Å²) in [6.07, 6.45) is 3.01. The van der Waals surface area contributed by atoms with E-state index in [4.69, 9.17) is 11.6 Å². The van der Waals surface area contributed by atoms with Gasteiger partial charge in [-0.3, -0.25) is 4.79 Å². The predicted octanol–water partition coefficient (Wildman–Crippen LogP) is 5.41. The van der Waals surface area contributed by atoms with Gasteiger partial charge in [0.1, 0.15) is 11.2 Å². The fourth-order valence-corrected chi connectivity index (χ4v) is 5.44. The molecule has 2 aromatic rings. The molecular formula is C20H23ClN2OS. The highest BCUT2D eigenvalue weighted by Crippen LogP contribution is 2.46. The van der Waals surface area contributed by atoms with Crippen molar-refractivity contribution in [1.82, 2.24) is 5.32 Å². The molecule has 1 aromatic carbocycles. The normalized spacial score (nSPS) is 22.6. The fraction of sp³-hybridized carbons (Fsp3) is 0.450. The number of anilines is 1. The van der Waals surface area contributed by atoms with Crippen LogP contribution in [0.1, 0.15) is 59.7 Å². The minimum atomic E-state index is -0.225. The van der Waals surface area contributed by atoms with E-state index in [1.165, 1.54) is 10.4 Å². The van der Waals surface area contributed by atoms with Crippen LogP contribution < -0.4 is 10.6 Å². The molecule has 4 rings (SSSR count). The monoisotopic (exact) mass is 374 g/mol. The number of hydrogen-bond donors (Lipinski definition) is 2. The fourth-order valence-electron chi connectivity index (χ4n) is 3.89. The average Bonchev–Trinajstić information content (AvgIpc) is 2.92. The van der Waals surface area contributed by atoms with Gasteiger partial charge >= 0.3 is 0 Å². The third-order valence-corrected chi connectivity index (χ3v) is 6.87. The van der Waals surface area contributed by atoms with Gasteiger partial charge in [0, 0.05) is 9.90 Å². The number of thiophene rings is 1. The number of carbonyl (C=O) groups is 1. The van der Waals surface area contributed by atoms with Crippen molar-refractivity contribution in [3.8, 4) is 0 Å². The molecule has 1 aliphatic heterocycles. The molecule has 25 heavy (non-hydrogen) atoms. The standard InChI is InChI=1S/C20H23ClN2OS/c1-20(2,3)12-7-8-14-15(10-12)25-19-16(14)18(24)22-17(23-19)11-5-4-6-13(21)9-11/h4-6,9,12,17,23H,7-8,10H2,1-3H3,(H,22,24)/t12-,17-/m1/s1. The quantitative estimate of drug-likeness (QED) is 0.701. The van der Waals surface area contributed by atoms with Gasteiger partial charge in [-0.15, -0.1) is 11.3 Å². The number of nitrogens with one attached hydrogen (secondary N) is 2. The molecule has 0 fully saturated rings. The Morgan fingerprint density at radius 3 is 2.76 bits per heavy atom. The summed E-state index contributed by atoms with van der Waals surface area (Å²) in [5.41, 5.74) is 3.41. The Bertz CT molecular complexity index is 837. The highest BCUT2D eigenvalue weighted by molar-refractivity contribution is 7.16. The second-order valence-electron chi connectivity index (χ2n) is 8.12. The first kappa shape index (κ1) is 16.9. The van der Waals surface area contributed by atoms with E-state index in [-0.39, 0.29) is 12.1 Å². The molecule has 0 unspecified atom stereocenters. The molecule has 132 valence electrons. The van der Waals surface area contributed by atoms with Crippen molar-refractivity contribution in [2.45, 2.75) is 46.2 Å². The van der Waals surface area contributed by atoms with Crippen molar-refractivity contribution >= 4 is 33.8 Å². The Morgan fingerprint density at radius 2 is 2.04 bits per heavy atom. The second kappa shape index (κ2) is 6.03. The van der Waals surface area contributed by atoms with Crippen LogP contribution in [0.25, 0.3) is 0 Å². The Balaban J connectivity index is 1.66. The summed E-state index contributed by atoms with van der Waals surface area (Å²) in [6, 6.07) is 7.64. The molecule has 0 spiro atoms. The van der Waals surface area contributed by atoms with Gasteiger partial charge in [-0.1, -0.05) is 44.5 Å². The Hall–Kier alpha value is -1.52. The molecule has 2 aliphatic rings. The van der Waals surface area contributed by atoms with E-state index in [2.05, 4.69) is 31.4 Å². The summed E-state index contributed by atoms with van der Waals surface area (Å²) in [4.78, 5) is 14.2. The van der Waals surface area contributed by atoms with Crippen molar-refractivity contribution in [3.63, 3.8) is 0 Å². The lowest BCUT2D eigenvalue weighted by Gasteiger charge is -2.34. The van der Waals surface area contributed by atoms with Crippen LogP contribution in [0.15, 0.2) is 24.3 Å². The van der Waals surface area contributed by atoms with Crippen LogP contribution in [0, 0.1) is 11.3 Å². The van der Waals surface area contributed by atoms with Gasteiger partial charge in [-0.2, -0.15) is 0 Å². The van der Waals surface area contributed by atoms with Crippen LogP contribution in [0.5, 0.6) is 0 Å². The van der Waals surface area contributed by atoms with Crippen LogP contribution in [0.2, 0.25) is 5.02 Å². The van der Waals surface area contributed by atoms with Gasteiger partial charge in [-0.25, -0.2) is 0 Å². The number of amides is 1. The van der Waals surface area contributed by atoms with E-state index in [9.17, 15) is 4.79 Å². The highest BCUT2D eigenvalue weighted by Gasteiger charge is 2.36. The minimum absolute atomic E-state index is 0.0328. The zero-order valence-corrected chi connectivity index (χ0v) is 16.4. The van der Waals surface area contributed by atoms with Crippen molar-refractivity contribution in [2.24, 2.45) is 11.3 Å². The zero-order valence-electron chi connectivity index (χ0n) is 14.8. The van der Waals surface area contributed by atoms with Crippen molar-refractivity contribution in [2.75, 3.05) is 5.32 Å². The molecular weight excluding hydrogens is 352 g/mol. The third kappa shape index (κ3) is 3.06. The lowest BCUT2D eigenvalue weighted by molar-refractivity contribution is 0.0935. The largest absolute Gasteiger partial charge is 0.353 e. The van der Waals surface area contributed by atoms with Crippen LogP contribution in [-0.4, -0.2) is 5.91 Å². The van der Waals surface area contributed by atoms with E-state index in [1.54, 1.807) is 11.3 Å². The Kier molecular flexibility index (Phi) is 4.08. The molecule has 2 N–H and O–H groups in total. The molecule has 3 nitrogen and oxygen atoms in total. The van der Waals surface area contributed by atoms with Crippen LogP contribution in [0.4, 0.5) is 5.00 Å². The van der Waals surface area contributed by atoms with Gasteiger partial charge in [0.05, 0.1) is 5.56 Å². The minimum Gasteiger partial charge on any atom is -0.353 e. The summed E-state index contributed by atoms with van der Waals surface area (Å²) in [6.45, 7) is 6.95. The SMILES string of the molecule is CC(C)(C)[C@@H]1CCc2c(sc3c2C(=O)N[C@@H](c2cccc(Cl)c2)N3)C1. The lowest BCUT2D eigenvalue weighted by atomic mass is 9.72.